The summed E-state index contributed by atoms with van der Waals surface area (Å²) in [5, 5.41) is 8.93. The molecule has 0 radical (unpaired) electrons. The molecule has 82 valence electrons. The maximum atomic E-state index is 10.9. The van der Waals surface area contributed by atoms with E-state index in [1.54, 1.807) is 12.1 Å². The molecule has 1 N–H and O–H groups in total. The van der Waals surface area contributed by atoms with Gasteiger partial charge < -0.3 is 9.84 Å². The Kier molecular flexibility index (Phi) is 4.15. The highest BCUT2D eigenvalue weighted by molar-refractivity contribution is 9.10. The van der Waals surface area contributed by atoms with Crippen LogP contribution in [0.25, 0.3) is 0 Å². The highest BCUT2D eigenvalue weighted by Gasteiger charge is 2.23. The van der Waals surface area contributed by atoms with E-state index in [0.717, 1.165) is 4.47 Å². The second-order valence-electron chi connectivity index (χ2n) is 3.57. The third kappa shape index (κ3) is 3.55. The van der Waals surface area contributed by atoms with Crippen molar-refractivity contribution in [1.82, 2.24) is 0 Å². The quantitative estimate of drug-likeness (QED) is 0.917. The second-order valence-corrected chi connectivity index (χ2v) is 4.49. The Morgan fingerprint density at radius 1 is 1.33 bits per heavy atom. The van der Waals surface area contributed by atoms with Gasteiger partial charge in [-0.3, -0.25) is 0 Å². The minimum absolute atomic E-state index is 0.0638. The van der Waals surface area contributed by atoms with E-state index in [1.807, 2.05) is 26.0 Å². The van der Waals surface area contributed by atoms with Crippen LogP contribution in [0.3, 0.4) is 0 Å². The van der Waals surface area contributed by atoms with Crippen molar-refractivity contribution >= 4 is 21.9 Å². The van der Waals surface area contributed by atoms with E-state index in [1.165, 1.54) is 0 Å². The number of rotatable bonds is 4. The lowest BCUT2D eigenvalue weighted by Crippen LogP contribution is -2.32. The number of benzene rings is 1. The Bertz CT molecular complexity index is 332. The summed E-state index contributed by atoms with van der Waals surface area (Å²) in [6.45, 7) is 3.63. The molecule has 1 aromatic rings. The Morgan fingerprint density at radius 2 is 1.87 bits per heavy atom. The molecule has 0 aliphatic rings. The third-order valence-electron chi connectivity index (χ3n) is 1.93. The molecule has 0 aliphatic carbocycles. The fourth-order valence-electron chi connectivity index (χ4n) is 1.13. The van der Waals surface area contributed by atoms with Crippen LogP contribution in [0.15, 0.2) is 28.7 Å². The maximum absolute atomic E-state index is 10.9. The number of hydrogen-bond acceptors (Lipinski definition) is 2. The summed E-state index contributed by atoms with van der Waals surface area (Å²) >= 11 is 3.30. The Morgan fingerprint density at radius 3 is 2.27 bits per heavy atom. The van der Waals surface area contributed by atoms with Crippen molar-refractivity contribution in [3.05, 3.63) is 28.7 Å². The van der Waals surface area contributed by atoms with E-state index in [4.69, 9.17) is 9.84 Å². The molecular weight excluding hydrogens is 260 g/mol. The molecule has 1 unspecified atom stereocenters. The molecule has 0 aliphatic heterocycles. The number of carboxylic acid groups (broad SMARTS) is 1. The van der Waals surface area contributed by atoms with Gasteiger partial charge in [0.1, 0.15) is 5.75 Å². The molecule has 0 saturated carbocycles. The first kappa shape index (κ1) is 12.0. The van der Waals surface area contributed by atoms with Crippen LogP contribution in [0.4, 0.5) is 0 Å². The van der Waals surface area contributed by atoms with E-state index < -0.39 is 12.1 Å². The van der Waals surface area contributed by atoms with E-state index in [-0.39, 0.29) is 5.92 Å². The number of ether oxygens (including phenoxy) is 1. The topological polar surface area (TPSA) is 46.5 Å². The molecule has 0 spiro atoms. The van der Waals surface area contributed by atoms with Gasteiger partial charge in [-0.2, -0.15) is 0 Å². The molecule has 0 heterocycles. The second kappa shape index (κ2) is 5.16. The van der Waals surface area contributed by atoms with Crippen LogP contribution in [-0.4, -0.2) is 17.2 Å². The average Bonchev–Trinajstić information content (AvgIpc) is 2.15. The predicted octanol–water partition coefficient (Wildman–Crippen LogP) is 2.94. The lowest BCUT2D eigenvalue weighted by Gasteiger charge is -2.18. The summed E-state index contributed by atoms with van der Waals surface area (Å²) in [5.74, 6) is -0.432. The van der Waals surface area contributed by atoms with Gasteiger partial charge in [-0.15, -0.1) is 0 Å². The van der Waals surface area contributed by atoms with E-state index in [0.29, 0.717) is 5.75 Å². The van der Waals surface area contributed by atoms with Gasteiger partial charge in [0.05, 0.1) is 0 Å². The minimum Gasteiger partial charge on any atom is -0.478 e. The monoisotopic (exact) mass is 272 g/mol. The summed E-state index contributed by atoms with van der Waals surface area (Å²) in [6.07, 6.45) is -0.800. The van der Waals surface area contributed by atoms with Crippen molar-refractivity contribution in [2.45, 2.75) is 20.0 Å². The van der Waals surface area contributed by atoms with Crippen LogP contribution < -0.4 is 4.74 Å². The van der Waals surface area contributed by atoms with Gasteiger partial charge in [0.25, 0.3) is 0 Å². The maximum Gasteiger partial charge on any atom is 0.345 e. The number of hydrogen-bond donors (Lipinski definition) is 1. The van der Waals surface area contributed by atoms with Gasteiger partial charge in [-0.1, -0.05) is 29.8 Å². The van der Waals surface area contributed by atoms with Gasteiger partial charge in [0.15, 0.2) is 6.10 Å². The molecule has 15 heavy (non-hydrogen) atoms. The SMILES string of the molecule is CC(C)C(Oc1ccc(Br)cc1)C(=O)O. The summed E-state index contributed by atoms with van der Waals surface area (Å²) < 4.78 is 6.31. The lowest BCUT2D eigenvalue weighted by atomic mass is 10.1. The molecule has 4 heteroatoms. The molecule has 0 amide bonds. The first-order chi connectivity index (χ1) is 7.00. The van der Waals surface area contributed by atoms with Gasteiger partial charge >= 0.3 is 5.97 Å². The predicted molar refractivity (Wildman–Crippen MR) is 61.0 cm³/mol. The molecule has 1 aromatic carbocycles. The van der Waals surface area contributed by atoms with Crippen LogP contribution in [0.5, 0.6) is 5.75 Å². The molecule has 3 nitrogen and oxygen atoms in total. The van der Waals surface area contributed by atoms with Crippen molar-refractivity contribution in [1.29, 1.82) is 0 Å². The summed E-state index contributed by atoms with van der Waals surface area (Å²) in [5.41, 5.74) is 0. The Hall–Kier alpha value is -1.03. The average molecular weight is 273 g/mol. The van der Waals surface area contributed by atoms with Crippen LogP contribution in [0.2, 0.25) is 0 Å². The van der Waals surface area contributed by atoms with Gasteiger partial charge in [0, 0.05) is 10.4 Å². The van der Waals surface area contributed by atoms with Crippen LogP contribution >= 0.6 is 15.9 Å². The molecular formula is C11H13BrO3. The van der Waals surface area contributed by atoms with Gasteiger partial charge in [0.2, 0.25) is 0 Å². The van der Waals surface area contributed by atoms with Crippen LogP contribution in [0, 0.1) is 5.92 Å². The third-order valence-corrected chi connectivity index (χ3v) is 2.45. The summed E-state index contributed by atoms with van der Waals surface area (Å²) in [6, 6.07) is 7.11. The summed E-state index contributed by atoms with van der Waals surface area (Å²) in [7, 11) is 0. The highest BCUT2D eigenvalue weighted by Crippen LogP contribution is 2.19. The lowest BCUT2D eigenvalue weighted by molar-refractivity contribution is -0.147. The standard InChI is InChI=1S/C11H13BrO3/c1-7(2)10(11(13)14)15-9-5-3-8(12)4-6-9/h3-7,10H,1-2H3,(H,13,14). The van der Waals surface area contributed by atoms with Crippen molar-refractivity contribution in [3.63, 3.8) is 0 Å². The van der Waals surface area contributed by atoms with Crippen molar-refractivity contribution in [2.75, 3.05) is 0 Å². The molecule has 0 aromatic heterocycles. The molecule has 0 saturated heterocycles. The smallest absolute Gasteiger partial charge is 0.345 e. The number of carboxylic acids is 1. The van der Waals surface area contributed by atoms with Crippen molar-refractivity contribution in [3.8, 4) is 5.75 Å². The zero-order valence-electron chi connectivity index (χ0n) is 8.61. The largest absolute Gasteiger partial charge is 0.478 e. The Balaban J connectivity index is 2.74. The number of halogens is 1. The molecule has 1 atom stereocenters. The zero-order chi connectivity index (χ0) is 11.4. The number of aliphatic carboxylic acids is 1. The first-order valence-corrected chi connectivity index (χ1v) is 5.45. The van der Waals surface area contributed by atoms with Crippen molar-refractivity contribution in [2.24, 2.45) is 5.92 Å². The molecule has 0 fully saturated rings. The van der Waals surface area contributed by atoms with E-state index in [9.17, 15) is 4.79 Å². The van der Waals surface area contributed by atoms with Gasteiger partial charge in [-0.25, -0.2) is 4.79 Å². The fourth-order valence-corrected chi connectivity index (χ4v) is 1.40. The minimum atomic E-state index is -0.937. The number of carbonyl (C=O) groups is 1. The zero-order valence-corrected chi connectivity index (χ0v) is 10.2. The highest BCUT2D eigenvalue weighted by atomic mass is 79.9. The first-order valence-electron chi connectivity index (χ1n) is 4.65. The van der Waals surface area contributed by atoms with Crippen molar-refractivity contribution < 1.29 is 14.6 Å². The summed E-state index contributed by atoms with van der Waals surface area (Å²) in [4.78, 5) is 10.9. The van der Waals surface area contributed by atoms with E-state index >= 15 is 0 Å². The van der Waals surface area contributed by atoms with Crippen LogP contribution in [0.1, 0.15) is 13.8 Å². The normalized spacial score (nSPS) is 12.5. The molecule has 1 rings (SSSR count). The Labute approximate surface area is 97.2 Å². The van der Waals surface area contributed by atoms with Gasteiger partial charge in [-0.05, 0) is 24.3 Å². The van der Waals surface area contributed by atoms with E-state index in [2.05, 4.69) is 15.9 Å². The fraction of sp³-hybridized carbons (Fsp3) is 0.364. The van der Waals surface area contributed by atoms with Crippen LogP contribution in [-0.2, 0) is 4.79 Å². The molecule has 0 bridgehead atoms.